The molecule has 1 saturated heterocycles. The molecule has 1 amide bonds. The summed E-state index contributed by atoms with van der Waals surface area (Å²) in [7, 11) is 0. The third-order valence-corrected chi connectivity index (χ3v) is 5.44. The first-order valence-electron chi connectivity index (χ1n) is 7.31. The third-order valence-electron chi connectivity index (χ3n) is 3.43. The van der Waals surface area contributed by atoms with E-state index in [4.69, 9.17) is 39.8 Å². The van der Waals surface area contributed by atoms with Crippen LogP contribution in [0.15, 0.2) is 39.7 Å². The lowest BCUT2D eigenvalue weighted by atomic mass is 10.2. The Kier molecular flexibility index (Phi) is 5.35. The number of thiocarbonyl (C=S) groups is 1. The van der Waals surface area contributed by atoms with E-state index in [1.807, 2.05) is 6.92 Å². The normalized spacial score (nSPS) is 16.5. The predicted octanol–water partition coefficient (Wildman–Crippen LogP) is 5.86. The van der Waals surface area contributed by atoms with Crippen molar-refractivity contribution in [3.63, 3.8) is 0 Å². The molecule has 0 radical (unpaired) electrons. The first-order valence-corrected chi connectivity index (χ1v) is 9.29. The number of thioether (sulfide) groups is 1. The Bertz CT molecular complexity index is 825. The highest BCUT2D eigenvalue weighted by molar-refractivity contribution is 8.26. The molecule has 1 aliphatic rings. The number of furan rings is 1. The second-order valence-corrected chi connectivity index (χ2v) is 7.62. The maximum Gasteiger partial charge on any atom is 0.266 e. The molecule has 0 spiro atoms. The minimum atomic E-state index is -0.0828. The van der Waals surface area contributed by atoms with Gasteiger partial charge in [-0.05, 0) is 30.7 Å². The smallest absolute Gasteiger partial charge is 0.266 e. The predicted molar refractivity (Wildman–Crippen MR) is 104 cm³/mol. The molecule has 1 aliphatic heterocycles. The van der Waals surface area contributed by atoms with Crippen LogP contribution in [0.5, 0.6) is 0 Å². The van der Waals surface area contributed by atoms with Crippen LogP contribution in [-0.4, -0.2) is 21.7 Å². The molecule has 0 unspecified atom stereocenters. The van der Waals surface area contributed by atoms with Crippen molar-refractivity contribution >= 4 is 63.5 Å². The highest BCUT2D eigenvalue weighted by Gasteiger charge is 2.31. The lowest BCUT2D eigenvalue weighted by Crippen LogP contribution is -2.28. The Labute approximate surface area is 159 Å². The molecular weight excluding hydrogens is 385 g/mol. The van der Waals surface area contributed by atoms with Gasteiger partial charge in [0.25, 0.3) is 5.91 Å². The number of hydrogen-bond acceptors (Lipinski definition) is 4. The summed E-state index contributed by atoms with van der Waals surface area (Å²) in [6.45, 7) is 2.63. The first-order chi connectivity index (χ1) is 11.5. The molecule has 7 heteroatoms. The number of rotatable bonds is 4. The van der Waals surface area contributed by atoms with Crippen molar-refractivity contribution in [2.45, 2.75) is 13.3 Å². The lowest BCUT2D eigenvalue weighted by molar-refractivity contribution is -0.122. The summed E-state index contributed by atoms with van der Waals surface area (Å²) >= 11 is 18.9. The van der Waals surface area contributed by atoms with Crippen LogP contribution in [-0.2, 0) is 4.79 Å². The maximum absolute atomic E-state index is 12.4. The fourth-order valence-corrected chi connectivity index (χ4v) is 4.22. The molecule has 0 N–H and O–H groups in total. The van der Waals surface area contributed by atoms with Gasteiger partial charge < -0.3 is 4.42 Å². The number of halogens is 2. The minimum absolute atomic E-state index is 0.0828. The van der Waals surface area contributed by atoms with Crippen LogP contribution >= 0.6 is 47.2 Å². The van der Waals surface area contributed by atoms with Crippen molar-refractivity contribution in [3.05, 3.63) is 51.0 Å². The molecular formula is C17H13Cl2NO2S2. The second-order valence-electron chi connectivity index (χ2n) is 5.13. The van der Waals surface area contributed by atoms with Gasteiger partial charge in [0.1, 0.15) is 15.8 Å². The average Bonchev–Trinajstić information content (AvgIpc) is 3.08. The molecule has 0 bridgehead atoms. The number of hydrogen-bond donors (Lipinski definition) is 0. The van der Waals surface area contributed by atoms with Crippen LogP contribution in [0.3, 0.4) is 0 Å². The van der Waals surface area contributed by atoms with Crippen molar-refractivity contribution in [3.8, 4) is 11.3 Å². The lowest BCUT2D eigenvalue weighted by Gasteiger charge is -2.11. The summed E-state index contributed by atoms with van der Waals surface area (Å²) < 4.78 is 6.38. The highest BCUT2D eigenvalue weighted by atomic mass is 35.5. The van der Waals surface area contributed by atoms with Gasteiger partial charge in [0, 0.05) is 12.6 Å². The number of amides is 1. The minimum Gasteiger partial charge on any atom is -0.457 e. The van der Waals surface area contributed by atoms with Crippen LogP contribution in [0, 0.1) is 0 Å². The van der Waals surface area contributed by atoms with E-state index < -0.39 is 0 Å². The molecule has 1 aromatic heterocycles. The van der Waals surface area contributed by atoms with Crippen LogP contribution in [0.4, 0.5) is 0 Å². The molecule has 0 aliphatic carbocycles. The molecule has 3 rings (SSSR count). The molecule has 1 aromatic carbocycles. The van der Waals surface area contributed by atoms with E-state index in [-0.39, 0.29) is 5.91 Å². The van der Waals surface area contributed by atoms with Gasteiger partial charge >= 0.3 is 0 Å². The summed E-state index contributed by atoms with van der Waals surface area (Å²) in [6.07, 6.45) is 2.55. The largest absolute Gasteiger partial charge is 0.457 e. The first kappa shape index (κ1) is 17.5. The van der Waals surface area contributed by atoms with Crippen molar-refractivity contribution in [1.29, 1.82) is 0 Å². The van der Waals surface area contributed by atoms with Gasteiger partial charge in [-0.2, -0.15) is 0 Å². The number of carbonyl (C=O) groups is 1. The Morgan fingerprint density at radius 3 is 2.62 bits per heavy atom. The molecule has 0 saturated carbocycles. The standard InChI is InChI=1S/C17H13Cl2NO2S2/c1-2-8-20-16(21)14(24-17(20)23)9-10-6-7-13(22-10)15-11(18)4-3-5-12(15)19/h3-7,9H,2,8H2,1H3/b14-9-. The highest BCUT2D eigenvalue weighted by Crippen LogP contribution is 2.37. The number of benzene rings is 1. The van der Waals surface area contributed by atoms with Crippen LogP contribution in [0.25, 0.3) is 17.4 Å². The van der Waals surface area contributed by atoms with E-state index >= 15 is 0 Å². The fourth-order valence-electron chi connectivity index (χ4n) is 2.34. The molecule has 3 nitrogen and oxygen atoms in total. The topological polar surface area (TPSA) is 33.5 Å². The van der Waals surface area contributed by atoms with Crippen LogP contribution in [0.2, 0.25) is 10.0 Å². The summed E-state index contributed by atoms with van der Waals surface area (Å²) in [5.74, 6) is 1.03. The summed E-state index contributed by atoms with van der Waals surface area (Å²) in [6, 6.07) is 8.84. The van der Waals surface area contributed by atoms with Gasteiger partial charge in [0.15, 0.2) is 0 Å². The quantitative estimate of drug-likeness (QED) is 0.477. The Hall–Kier alpha value is -1.27. The van der Waals surface area contributed by atoms with E-state index in [9.17, 15) is 4.79 Å². The van der Waals surface area contributed by atoms with E-state index in [1.54, 1.807) is 41.3 Å². The molecule has 0 atom stereocenters. The Morgan fingerprint density at radius 2 is 1.96 bits per heavy atom. The Balaban J connectivity index is 1.90. The summed E-state index contributed by atoms with van der Waals surface area (Å²) in [4.78, 5) is 14.5. The van der Waals surface area contributed by atoms with Crippen LogP contribution in [0.1, 0.15) is 19.1 Å². The van der Waals surface area contributed by atoms with Gasteiger partial charge in [-0.25, -0.2) is 0 Å². The van der Waals surface area contributed by atoms with Crippen molar-refractivity contribution < 1.29 is 9.21 Å². The van der Waals surface area contributed by atoms with Gasteiger partial charge in [0.05, 0.1) is 20.5 Å². The third kappa shape index (κ3) is 3.40. The Morgan fingerprint density at radius 1 is 1.25 bits per heavy atom. The van der Waals surface area contributed by atoms with Crippen molar-refractivity contribution in [1.82, 2.24) is 4.90 Å². The summed E-state index contributed by atoms with van der Waals surface area (Å²) in [5, 5.41) is 1.02. The maximum atomic E-state index is 12.4. The van der Waals surface area contributed by atoms with Gasteiger partial charge in [-0.15, -0.1) is 0 Å². The average molecular weight is 398 g/mol. The van der Waals surface area contributed by atoms with E-state index in [0.29, 0.717) is 42.9 Å². The van der Waals surface area contributed by atoms with E-state index in [0.717, 1.165) is 6.42 Å². The van der Waals surface area contributed by atoms with Gasteiger partial charge in [0.2, 0.25) is 0 Å². The van der Waals surface area contributed by atoms with Crippen molar-refractivity contribution in [2.24, 2.45) is 0 Å². The fraction of sp³-hybridized carbons (Fsp3) is 0.176. The SMILES string of the molecule is CCCN1C(=O)/C(=C/c2ccc(-c3c(Cl)cccc3Cl)o2)SC1=S. The molecule has 1 fully saturated rings. The second kappa shape index (κ2) is 7.31. The zero-order valence-electron chi connectivity index (χ0n) is 12.7. The van der Waals surface area contributed by atoms with E-state index in [2.05, 4.69) is 0 Å². The van der Waals surface area contributed by atoms with Crippen LogP contribution < -0.4 is 0 Å². The molecule has 124 valence electrons. The van der Waals surface area contributed by atoms with Gasteiger partial charge in [-0.3, -0.25) is 9.69 Å². The molecule has 24 heavy (non-hydrogen) atoms. The summed E-state index contributed by atoms with van der Waals surface area (Å²) in [5.41, 5.74) is 0.638. The number of nitrogens with zero attached hydrogens (tertiary/aromatic N) is 1. The zero-order valence-corrected chi connectivity index (χ0v) is 15.9. The van der Waals surface area contributed by atoms with E-state index in [1.165, 1.54) is 11.8 Å². The van der Waals surface area contributed by atoms with Gasteiger partial charge in [-0.1, -0.05) is 60.2 Å². The number of carbonyl (C=O) groups excluding carboxylic acids is 1. The molecule has 2 heterocycles. The monoisotopic (exact) mass is 397 g/mol. The van der Waals surface area contributed by atoms with Crippen molar-refractivity contribution in [2.75, 3.05) is 6.54 Å². The molecule has 2 aromatic rings. The zero-order chi connectivity index (χ0) is 17.3.